The van der Waals surface area contributed by atoms with Crippen LogP contribution in [0.15, 0.2) is 12.3 Å². The number of halogens is 2. The summed E-state index contributed by atoms with van der Waals surface area (Å²) in [7, 11) is 0. The maximum absolute atomic E-state index is 13.5. The van der Waals surface area contributed by atoms with Gasteiger partial charge in [-0.1, -0.05) is 0 Å². The third-order valence-corrected chi connectivity index (χ3v) is 3.48. The summed E-state index contributed by atoms with van der Waals surface area (Å²) in [5.41, 5.74) is 0. The highest BCUT2D eigenvalue weighted by atomic mass is 19.1. The number of nitrogens with one attached hydrogen (secondary N) is 1. The SMILES string of the molecule is Fc1cnc(N2CC3CNCC3C2)c(F)c1. The average molecular weight is 225 g/mol. The summed E-state index contributed by atoms with van der Waals surface area (Å²) in [6.07, 6.45) is 1.07. The first-order valence-electron chi connectivity index (χ1n) is 5.51. The van der Waals surface area contributed by atoms with E-state index < -0.39 is 11.6 Å². The Balaban J connectivity index is 1.83. The number of hydrogen-bond acceptors (Lipinski definition) is 3. The fourth-order valence-corrected chi connectivity index (χ4v) is 2.67. The average Bonchev–Trinajstić information content (AvgIpc) is 2.76. The highest BCUT2D eigenvalue weighted by molar-refractivity contribution is 5.41. The van der Waals surface area contributed by atoms with Crippen LogP contribution in [0.25, 0.3) is 0 Å². The molecule has 1 aromatic rings. The molecule has 5 heteroatoms. The summed E-state index contributed by atoms with van der Waals surface area (Å²) < 4.78 is 26.3. The zero-order valence-electron chi connectivity index (χ0n) is 8.79. The Bertz CT molecular complexity index is 398. The molecule has 86 valence electrons. The molecule has 1 N–H and O–H groups in total. The predicted octanol–water partition coefficient (Wildman–Crippen LogP) is 1.02. The van der Waals surface area contributed by atoms with Crippen molar-refractivity contribution in [2.45, 2.75) is 0 Å². The lowest BCUT2D eigenvalue weighted by Crippen LogP contribution is -2.27. The largest absolute Gasteiger partial charge is 0.354 e. The molecular formula is C11H13F2N3. The molecule has 0 aliphatic carbocycles. The summed E-state index contributed by atoms with van der Waals surface area (Å²) >= 11 is 0. The van der Waals surface area contributed by atoms with Crippen LogP contribution in [-0.2, 0) is 0 Å². The lowest BCUT2D eigenvalue weighted by atomic mass is 10.0. The fraction of sp³-hybridized carbons (Fsp3) is 0.545. The first kappa shape index (κ1) is 9.96. The van der Waals surface area contributed by atoms with Crippen molar-refractivity contribution in [1.82, 2.24) is 10.3 Å². The van der Waals surface area contributed by atoms with Gasteiger partial charge in [0, 0.05) is 32.2 Å². The first-order valence-corrected chi connectivity index (χ1v) is 5.51. The van der Waals surface area contributed by atoms with Crippen molar-refractivity contribution in [2.75, 3.05) is 31.1 Å². The molecule has 3 heterocycles. The summed E-state index contributed by atoms with van der Waals surface area (Å²) in [6.45, 7) is 3.61. The van der Waals surface area contributed by atoms with E-state index in [0.717, 1.165) is 38.4 Å². The second-order valence-corrected chi connectivity index (χ2v) is 4.54. The van der Waals surface area contributed by atoms with Gasteiger partial charge in [-0.15, -0.1) is 0 Å². The second kappa shape index (κ2) is 3.66. The van der Waals surface area contributed by atoms with Crippen molar-refractivity contribution in [2.24, 2.45) is 11.8 Å². The van der Waals surface area contributed by atoms with Gasteiger partial charge in [-0.05, 0) is 11.8 Å². The molecule has 2 unspecified atom stereocenters. The smallest absolute Gasteiger partial charge is 0.168 e. The minimum Gasteiger partial charge on any atom is -0.354 e. The molecule has 3 nitrogen and oxygen atoms in total. The van der Waals surface area contributed by atoms with Crippen LogP contribution >= 0.6 is 0 Å². The number of aromatic nitrogens is 1. The zero-order chi connectivity index (χ0) is 11.1. The molecule has 0 radical (unpaired) electrons. The lowest BCUT2D eigenvalue weighted by molar-refractivity contribution is 0.533. The maximum Gasteiger partial charge on any atom is 0.168 e. The van der Waals surface area contributed by atoms with E-state index in [0.29, 0.717) is 11.8 Å². The molecule has 16 heavy (non-hydrogen) atoms. The van der Waals surface area contributed by atoms with Gasteiger partial charge in [0.05, 0.1) is 6.20 Å². The summed E-state index contributed by atoms with van der Waals surface area (Å²) in [5, 5.41) is 3.32. The molecule has 2 aliphatic rings. The van der Waals surface area contributed by atoms with E-state index in [-0.39, 0.29) is 5.82 Å². The van der Waals surface area contributed by atoms with Gasteiger partial charge in [0.2, 0.25) is 0 Å². The van der Waals surface area contributed by atoms with Crippen molar-refractivity contribution in [1.29, 1.82) is 0 Å². The van der Waals surface area contributed by atoms with Gasteiger partial charge in [-0.25, -0.2) is 13.8 Å². The summed E-state index contributed by atoms with van der Waals surface area (Å²) in [6, 6.07) is 0.898. The van der Waals surface area contributed by atoms with E-state index in [9.17, 15) is 8.78 Å². The molecule has 2 aliphatic heterocycles. The Morgan fingerprint density at radius 1 is 1.25 bits per heavy atom. The normalized spacial score (nSPS) is 28.5. The van der Waals surface area contributed by atoms with Gasteiger partial charge in [0.15, 0.2) is 11.6 Å². The van der Waals surface area contributed by atoms with Crippen LogP contribution < -0.4 is 10.2 Å². The molecular weight excluding hydrogens is 212 g/mol. The highest BCUT2D eigenvalue weighted by Gasteiger charge is 2.37. The van der Waals surface area contributed by atoms with Gasteiger partial charge in [-0.3, -0.25) is 0 Å². The van der Waals surface area contributed by atoms with Crippen LogP contribution in [-0.4, -0.2) is 31.2 Å². The Hall–Kier alpha value is -1.23. The molecule has 1 aromatic heterocycles. The molecule has 2 fully saturated rings. The van der Waals surface area contributed by atoms with E-state index in [1.54, 1.807) is 0 Å². The molecule has 2 saturated heterocycles. The molecule has 0 aromatic carbocycles. The third-order valence-electron chi connectivity index (χ3n) is 3.48. The standard InChI is InChI=1S/C11H13F2N3/c12-9-1-10(13)11(15-4-9)16-5-7-2-14-3-8(7)6-16/h1,4,7-8,14H,2-3,5-6H2. The van der Waals surface area contributed by atoms with Gasteiger partial charge in [0.25, 0.3) is 0 Å². The molecule has 3 rings (SSSR count). The number of pyridine rings is 1. The van der Waals surface area contributed by atoms with E-state index in [2.05, 4.69) is 10.3 Å². The van der Waals surface area contributed by atoms with Crippen LogP contribution in [0.4, 0.5) is 14.6 Å². The zero-order valence-corrected chi connectivity index (χ0v) is 8.79. The van der Waals surface area contributed by atoms with E-state index in [1.165, 1.54) is 0 Å². The number of anilines is 1. The van der Waals surface area contributed by atoms with Crippen molar-refractivity contribution >= 4 is 5.82 Å². The van der Waals surface area contributed by atoms with Crippen molar-refractivity contribution < 1.29 is 8.78 Å². The van der Waals surface area contributed by atoms with Crippen molar-refractivity contribution in [3.8, 4) is 0 Å². The number of nitrogens with zero attached hydrogens (tertiary/aromatic N) is 2. The Morgan fingerprint density at radius 2 is 1.94 bits per heavy atom. The fourth-order valence-electron chi connectivity index (χ4n) is 2.67. The molecule has 0 amide bonds. The Morgan fingerprint density at radius 3 is 2.56 bits per heavy atom. The van der Waals surface area contributed by atoms with Gasteiger partial charge in [0.1, 0.15) is 5.82 Å². The molecule has 0 saturated carbocycles. The molecule has 0 bridgehead atoms. The molecule has 2 atom stereocenters. The quantitative estimate of drug-likeness (QED) is 0.773. The maximum atomic E-state index is 13.5. The number of fused-ring (bicyclic) bond motifs is 1. The second-order valence-electron chi connectivity index (χ2n) is 4.54. The predicted molar refractivity (Wildman–Crippen MR) is 56.2 cm³/mol. The number of hydrogen-bond donors (Lipinski definition) is 1. The summed E-state index contributed by atoms with van der Waals surface area (Å²) in [4.78, 5) is 5.76. The highest BCUT2D eigenvalue weighted by Crippen LogP contribution is 2.30. The van der Waals surface area contributed by atoms with Crippen LogP contribution in [0.2, 0.25) is 0 Å². The van der Waals surface area contributed by atoms with E-state index in [4.69, 9.17) is 0 Å². The van der Waals surface area contributed by atoms with Gasteiger partial charge >= 0.3 is 0 Å². The molecule has 0 spiro atoms. The van der Waals surface area contributed by atoms with Crippen LogP contribution in [0.5, 0.6) is 0 Å². The van der Waals surface area contributed by atoms with E-state index in [1.807, 2.05) is 4.90 Å². The van der Waals surface area contributed by atoms with Crippen molar-refractivity contribution in [3.05, 3.63) is 23.9 Å². The van der Waals surface area contributed by atoms with Crippen LogP contribution in [0.3, 0.4) is 0 Å². The summed E-state index contributed by atoms with van der Waals surface area (Å²) in [5.74, 6) is 0.253. The lowest BCUT2D eigenvalue weighted by Gasteiger charge is -2.18. The van der Waals surface area contributed by atoms with Crippen LogP contribution in [0, 0.1) is 23.5 Å². The van der Waals surface area contributed by atoms with Gasteiger partial charge < -0.3 is 10.2 Å². The third kappa shape index (κ3) is 1.55. The Kier molecular flexibility index (Phi) is 2.28. The minimum atomic E-state index is -0.623. The minimum absolute atomic E-state index is 0.288. The van der Waals surface area contributed by atoms with Crippen molar-refractivity contribution in [3.63, 3.8) is 0 Å². The topological polar surface area (TPSA) is 28.2 Å². The first-order chi connectivity index (χ1) is 7.74. The van der Waals surface area contributed by atoms with Gasteiger partial charge in [-0.2, -0.15) is 0 Å². The number of rotatable bonds is 1. The Labute approximate surface area is 92.5 Å². The monoisotopic (exact) mass is 225 g/mol. The van der Waals surface area contributed by atoms with Crippen LogP contribution in [0.1, 0.15) is 0 Å². The van der Waals surface area contributed by atoms with E-state index >= 15 is 0 Å².